The number of carbonyl (C=O) groups is 1. The first-order valence-electron chi connectivity index (χ1n) is 10.9. The lowest BCUT2D eigenvalue weighted by Gasteiger charge is -2.40. The standard InChI is InChI=1S/C27H30N2O2/c1-31-24-12-7-8-21(18-24)20-29-16-14-27(15-17-29,26(28)30)19-23-11-5-6-13-25(23)22-9-3-2-4-10-22/h2-13,18H,14-17,19-20H2,1H3,(H2,28,30). The van der Waals surface area contributed by atoms with Gasteiger partial charge in [-0.25, -0.2) is 0 Å². The molecule has 4 nitrogen and oxygen atoms in total. The molecule has 1 saturated heterocycles. The Hall–Kier alpha value is -3.11. The molecule has 0 radical (unpaired) electrons. The van der Waals surface area contributed by atoms with Gasteiger partial charge in [0.1, 0.15) is 5.75 Å². The molecule has 31 heavy (non-hydrogen) atoms. The minimum absolute atomic E-state index is 0.184. The van der Waals surface area contributed by atoms with Gasteiger partial charge in [0, 0.05) is 6.54 Å². The smallest absolute Gasteiger partial charge is 0.224 e. The Morgan fingerprint density at radius 2 is 1.68 bits per heavy atom. The van der Waals surface area contributed by atoms with Crippen LogP contribution in [0.2, 0.25) is 0 Å². The fourth-order valence-electron chi connectivity index (χ4n) is 4.62. The Morgan fingerprint density at radius 1 is 0.968 bits per heavy atom. The third-order valence-electron chi connectivity index (χ3n) is 6.51. The molecule has 0 spiro atoms. The van der Waals surface area contributed by atoms with E-state index in [4.69, 9.17) is 10.5 Å². The molecule has 0 aromatic heterocycles. The number of benzene rings is 3. The van der Waals surface area contributed by atoms with Crippen LogP contribution in [0.15, 0.2) is 78.9 Å². The summed E-state index contributed by atoms with van der Waals surface area (Å²) in [5.74, 6) is 0.690. The summed E-state index contributed by atoms with van der Waals surface area (Å²) < 4.78 is 5.34. The van der Waals surface area contributed by atoms with Gasteiger partial charge in [0.25, 0.3) is 0 Å². The van der Waals surface area contributed by atoms with Crippen LogP contribution in [0.5, 0.6) is 5.75 Å². The number of nitrogens with two attached hydrogens (primary N) is 1. The second kappa shape index (κ2) is 9.36. The van der Waals surface area contributed by atoms with Crippen molar-refractivity contribution in [2.24, 2.45) is 11.1 Å². The maximum atomic E-state index is 12.7. The normalized spacial score (nSPS) is 16.0. The van der Waals surface area contributed by atoms with E-state index in [2.05, 4.69) is 47.4 Å². The quantitative estimate of drug-likeness (QED) is 0.611. The maximum absolute atomic E-state index is 12.7. The molecule has 1 amide bonds. The van der Waals surface area contributed by atoms with E-state index in [9.17, 15) is 4.79 Å². The highest BCUT2D eigenvalue weighted by Gasteiger charge is 2.40. The van der Waals surface area contributed by atoms with Crippen molar-refractivity contribution in [3.8, 4) is 16.9 Å². The Bertz CT molecular complexity index is 1020. The summed E-state index contributed by atoms with van der Waals surface area (Å²) in [6.07, 6.45) is 2.23. The van der Waals surface area contributed by atoms with E-state index in [0.29, 0.717) is 6.42 Å². The summed E-state index contributed by atoms with van der Waals surface area (Å²) >= 11 is 0. The molecule has 1 heterocycles. The zero-order valence-electron chi connectivity index (χ0n) is 18.1. The molecule has 0 bridgehead atoms. The van der Waals surface area contributed by atoms with E-state index in [1.54, 1.807) is 7.11 Å². The van der Waals surface area contributed by atoms with Crippen molar-refractivity contribution in [2.45, 2.75) is 25.8 Å². The van der Waals surface area contributed by atoms with E-state index >= 15 is 0 Å². The largest absolute Gasteiger partial charge is 0.497 e. The molecule has 0 saturated carbocycles. The Morgan fingerprint density at radius 3 is 2.39 bits per heavy atom. The molecule has 0 atom stereocenters. The van der Waals surface area contributed by atoms with E-state index in [1.165, 1.54) is 22.3 Å². The fraction of sp³-hybridized carbons (Fsp3) is 0.296. The molecule has 4 rings (SSSR count). The molecule has 0 aliphatic carbocycles. The number of carbonyl (C=O) groups excluding carboxylic acids is 1. The van der Waals surface area contributed by atoms with Crippen molar-refractivity contribution in [2.75, 3.05) is 20.2 Å². The van der Waals surface area contributed by atoms with Crippen LogP contribution >= 0.6 is 0 Å². The Balaban J connectivity index is 1.50. The van der Waals surface area contributed by atoms with Gasteiger partial charge < -0.3 is 10.5 Å². The predicted octanol–water partition coefficient (Wildman–Crippen LogP) is 4.67. The highest BCUT2D eigenvalue weighted by molar-refractivity contribution is 5.82. The Kier molecular flexibility index (Phi) is 6.38. The van der Waals surface area contributed by atoms with Gasteiger partial charge in [-0.2, -0.15) is 0 Å². The van der Waals surface area contributed by atoms with Crippen molar-refractivity contribution in [3.63, 3.8) is 0 Å². The summed E-state index contributed by atoms with van der Waals surface area (Å²) in [7, 11) is 1.69. The number of nitrogens with zero attached hydrogens (tertiary/aromatic N) is 1. The van der Waals surface area contributed by atoms with E-state index < -0.39 is 5.41 Å². The first kappa shape index (κ1) is 21.1. The molecule has 1 fully saturated rings. The van der Waals surface area contributed by atoms with Gasteiger partial charge in [0.05, 0.1) is 12.5 Å². The zero-order chi connectivity index (χ0) is 21.7. The monoisotopic (exact) mass is 414 g/mol. The van der Waals surface area contributed by atoms with Crippen molar-refractivity contribution in [1.82, 2.24) is 4.90 Å². The van der Waals surface area contributed by atoms with Crippen LogP contribution in [0.3, 0.4) is 0 Å². The summed E-state index contributed by atoms with van der Waals surface area (Å²) in [6.45, 7) is 2.56. The number of likely N-dealkylation sites (tertiary alicyclic amines) is 1. The van der Waals surface area contributed by atoms with Gasteiger partial charge in [-0.1, -0.05) is 66.7 Å². The van der Waals surface area contributed by atoms with Gasteiger partial charge in [0.15, 0.2) is 0 Å². The highest BCUT2D eigenvalue weighted by atomic mass is 16.5. The highest BCUT2D eigenvalue weighted by Crippen LogP contribution is 2.38. The first-order valence-corrected chi connectivity index (χ1v) is 10.9. The number of piperidine rings is 1. The molecular formula is C27H30N2O2. The van der Waals surface area contributed by atoms with Crippen molar-refractivity contribution >= 4 is 5.91 Å². The van der Waals surface area contributed by atoms with E-state index in [0.717, 1.165) is 38.2 Å². The molecule has 3 aromatic rings. The summed E-state index contributed by atoms with van der Waals surface area (Å²) in [6, 6.07) is 26.9. The lowest BCUT2D eigenvalue weighted by atomic mass is 9.72. The van der Waals surface area contributed by atoms with Crippen molar-refractivity contribution < 1.29 is 9.53 Å². The van der Waals surface area contributed by atoms with Crippen molar-refractivity contribution in [3.05, 3.63) is 90.0 Å². The van der Waals surface area contributed by atoms with Gasteiger partial charge in [-0.05, 0) is 66.7 Å². The molecule has 3 aromatic carbocycles. The molecule has 0 unspecified atom stereocenters. The number of rotatable bonds is 7. The molecule has 4 heteroatoms. The summed E-state index contributed by atoms with van der Waals surface area (Å²) in [5.41, 5.74) is 10.3. The second-order valence-corrected chi connectivity index (χ2v) is 8.47. The molecular weight excluding hydrogens is 384 g/mol. The first-order chi connectivity index (χ1) is 15.1. The molecule has 2 N–H and O–H groups in total. The van der Waals surface area contributed by atoms with E-state index in [1.807, 2.05) is 36.4 Å². The van der Waals surface area contributed by atoms with Crippen LogP contribution in [-0.4, -0.2) is 31.0 Å². The lowest BCUT2D eigenvalue weighted by molar-refractivity contribution is -0.130. The topological polar surface area (TPSA) is 55.6 Å². The second-order valence-electron chi connectivity index (χ2n) is 8.47. The number of hydrogen-bond donors (Lipinski definition) is 1. The zero-order valence-corrected chi connectivity index (χ0v) is 18.1. The average Bonchev–Trinajstić information content (AvgIpc) is 2.81. The fourth-order valence-corrected chi connectivity index (χ4v) is 4.62. The van der Waals surface area contributed by atoms with Crippen molar-refractivity contribution in [1.29, 1.82) is 0 Å². The third kappa shape index (κ3) is 4.80. The minimum Gasteiger partial charge on any atom is -0.497 e. The lowest BCUT2D eigenvalue weighted by Crippen LogP contribution is -2.48. The number of hydrogen-bond acceptors (Lipinski definition) is 3. The maximum Gasteiger partial charge on any atom is 0.224 e. The number of methoxy groups -OCH3 is 1. The van der Waals surface area contributed by atoms with Crippen LogP contribution in [0, 0.1) is 5.41 Å². The van der Waals surface area contributed by atoms with Crippen LogP contribution in [0.25, 0.3) is 11.1 Å². The third-order valence-corrected chi connectivity index (χ3v) is 6.51. The van der Waals surface area contributed by atoms with Crippen LogP contribution in [0.1, 0.15) is 24.0 Å². The molecule has 1 aliphatic rings. The number of primary amides is 1. The summed E-state index contributed by atoms with van der Waals surface area (Å²) in [5, 5.41) is 0. The van der Waals surface area contributed by atoms with Crippen LogP contribution in [0.4, 0.5) is 0 Å². The average molecular weight is 415 g/mol. The predicted molar refractivity (Wildman–Crippen MR) is 125 cm³/mol. The SMILES string of the molecule is COc1cccc(CN2CCC(Cc3ccccc3-c3ccccc3)(C(N)=O)CC2)c1. The molecule has 1 aliphatic heterocycles. The summed E-state index contributed by atoms with van der Waals surface area (Å²) in [4.78, 5) is 15.1. The van der Waals surface area contributed by atoms with Crippen LogP contribution < -0.4 is 10.5 Å². The van der Waals surface area contributed by atoms with Gasteiger partial charge in [-0.3, -0.25) is 9.69 Å². The minimum atomic E-state index is -0.504. The Labute approximate surface area is 184 Å². The number of amides is 1. The van der Waals surface area contributed by atoms with Gasteiger partial charge in [0.2, 0.25) is 5.91 Å². The van der Waals surface area contributed by atoms with Crippen LogP contribution in [-0.2, 0) is 17.8 Å². The van der Waals surface area contributed by atoms with Gasteiger partial charge >= 0.3 is 0 Å². The molecule has 160 valence electrons. The number of ether oxygens (including phenoxy) is 1. The van der Waals surface area contributed by atoms with E-state index in [-0.39, 0.29) is 5.91 Å². The van der Waals surface area contributed by atoms with Gasteiger partial charge in [-0.15, -0.1) is 0 Å².